The molecule has 0 radical (unpaired) electrons. The zero-order valence-corrected chi connectivity index (χ0v) is 8.94. The molecule has 2 N–H and O–H groups in total. The van der Waals surface area contributed by atoms with Gasteiger partial charge in [0, 0.05) is 11.8 Å². The highest BCUT2D eigenvalue weighted by Crippen LogP contribution is 2.17. The fourth-order valence-electron chi connectivity index (χ4n) is 1.19. The lowest BCUT2D eigenvalue weighted by atomic mass is 10.3. The number of nitrogens with two attached hydrogens (primary N) is 1. The number of hydrogen-bond donors (Lipinski definition) is 1. The summed E-state index contributed by atoms with van der Waals surface area (Å²) < 4.78 is 1.54. The molecule has 0 saturated heterocycles. The molecule has 2 heterocycles. The molecule has 0 aliphatic carbocycles. The van der Waals surface area contributed by atoms with Crippen LogP contribution in [0, 0.1) is 0 Å². The summed E-state index contributed by atoms with van der Waals surface area (Å²) in [5.41, 5.74) is 6.49. The van der Waals surface area contributed by atoms with Crippen LogP contribution in [0.15, 0.2) is 18.6 Å². The van der Waals surface area contributed by atoms with Gasteiger partial charge >= 0.3 is 0 Å². The summed E-state index contributed by atoms with van der Waals surface area (Å²) in [7, 11) is 0. The predicted octanol–water partition coefficient (Wildman–Crippen LogP) is 1.46. The molecule has 0 atom stereocenters. The molecule has 0 saturated carbocycles. The van der Waals surface area contributed by atoms with E-state index in [0.29, 0.717) is 16.7 Å². The second kappa shape index (κ2) is 3.86. The van der Waals surface area contributed by atoms with Crippen LogP contribution in [0.3, 0.4) is 0 Å². The second-order valence-corrected chi connectivity index (χ2v) is 3.44. The van der Waals surface area contributed by atoms with Gasteiger partial charge in [-0.2, -0.15) is 0 Å². The first-order valence-corrected chi connectivity index (χ1v) is 4.90. The fraction of sp³-hybridized carbons (Fsp3) is 0.222. The number of aryl methyl sites for hydroxylation is 1. The van der Waals surface area contributed by atoms with E-state index in [-0.39, 0.29) is 0 Å². The van der Waals surface area contributed by atoms with E-state index in [1.54, 1.807) is 10.9 Å². The summed E-state index contributed by atoms with van der Waals surface area (Å²) in [6.07, 6.45) is 3.97. The monoisotopic (exact) mass is 223 g/mol. The maximum Gasteiger partial charge on any atom is 0.164 e. The summed E-state index contributed by atoms with van der Waals surface area (Å²) in [6, 6.07) is 1.85. The van der Waals surface area contributed by atoms with Crippen molar-refractivity contribution in [2.45, 2.75) is 13.3 Å². The fourth-order valence-corrected chi connectivity index (χ4v) is 1.32. The largest absolute Gasteiger partial charge is 0.381 e. The molecule has 0 spiro atoms. The van der Waals surface area contributed by atoms with Gasteiger partial charge in [0.25, 0.3) is 0 Å². The number of anilines is 1. The molecule has 0 aliphatic heterocycles. The van der Waals surface area contributed by atoms with Crippen molar-refractivity contribution in [3.63, 3.8) is 0 Å². The number of hydrogen-bond acceptors (Lipinski definition) is 4. The third kappa shape index (κ3) is 1.92. The van der Waals surface area contributed by atoms with Gasteiger partial charge in [0.1, 0.15) is 11.3 Å². The van der Waals surface area contributed by atoms with Gasteiger partial charge in [0.2, 0.25) is 0 Å². The van der Waals surface area contributed by atoms with E-state index in [1.807, 2.05) is 13.0 Å². The standard InChI is InChI=1S/C9H10ClN5/c1-2-6-3-8(13-5-12-6)15-4-7(10)9(11)14-15/h3-5H,2H2,1H3,(H2,11,14). The Kier molecular flexibility index (Phi) is 2.55. The molecule has 6 heteroatoms. The van der Waals surface area contributed by atoms with Crippen LogP contribution in [-0.2, 0) is 6.42 Å². The average molecular weight is 224 g/mol. The minimum atomic E-state index is 0.299. The van der Waals surface area contributed by atoms with Crippen LogP contribution >= 0.6 is 11.6 Å². The maximum atomic E-state index is 5.80. The topological polar surface area (TPSA) is 69.6 Å². The van der Waals surface area contributed by atoms with Crippen LogP contribution in [-0.4, -0.2) is 19.7 Å². The molecule has 5 nitrogen and oxygen atoms in total. The number of nitrogens with zero attached hydrogens (tertiary/aromatic N) is 4. The van der Waals surface area contributed by atoms with Crippen molar-refractivity contribution in [2.24, 2.45) is 0 Å². The SMILES string of the molecule is CCc1cc(-n2cc(Cl)c(N)n2)ncn1. The molecule has 0 unspecified atom stereocenters. The molecular formula is C9H10ClN5. The van der Waals surface area contributed by atoms with Gasteiger partial charge in [-0.05, 0) is 6.42 Å². The minimum absolute atomic E-state index is 0.299. The molecule has 2 aromatic rings. The first-order chi connectivity index (χ1) is 7.20. The van der Waals surface area contributed by atoms with Gasteiger partial charge in [0.15, 0.2) is 11.6 Å². The van der Waals surface area contributed by atoms with Crippen molar-refractivity contribution >= 4 is 17.4 Å². The molecule has 0 bridgehead atoms. The van der Waals surface area contributed by atoms with Crippen LogP contribution in [0.2, 0.25) is 5.02 Å². The smallest absolute Gasteiger partial charge is 0.164 e. The van der Waals surface area contributed by atoms with E-state index < -0.39 is 0 Å². The van der Waals surface area contributed by atoms with Gasteiger partial charge < -0.3 is 5.73 Å². The lowest BCUT2D eigenvalue weighted by Crippen LogP contribution is -2.01. The van der Waals surface area contributed by atoms with Crippen LogP contribution in [0.4, 0.5) is 5.82 Å². The van der Waals surface area contributed by atoms with Crippen molar-refractivity contribution in [2.75, 3.05) is 5.73 Å². The second-order valence-electron chi connectivity index (χ2n) is 3.03. The van der Waals surface area contributed by atoms with Gasteiger partial charge in [-0.15, -0.1) is 5.10 Å². The third-order valence-corrected chi connectivity index (χ3v) is 2.29. The van der Waals surface area contributed by atoms with E-state index in [0.717, 1.165) is 12.1 Å². The van der Waals surface area contributed by atoms with E-state index in [9.17, 15) is 0 Å². The first-order valence-electron chi connectivity index (χ1n) is 4.52. The Labute approximate surface area is 91.9 Å². The van der Waals surface area contributed by atoms with Crippen LogP contribution in [0.5, 0.6) is 0 Å². The maximum absolute atomic E-state index is 5.80. The van der Waals surface area contributed by atoms with Crippen molar-refractivity contribution in [1.82, 2.24) is 19.7 Å². The Morgan fingerprint density at radius 3 is 2.87 bits per heavy atom. The molecule has 0 fully saturated rings. The van der Waals surface area contributed by atoms with Crippen molar-refractivity contribution in [3.8, 4) is 5.82 Å². The van der Waals surface area contributed by atoms with Crippen LogP contribution in [0.1, 0.15) is 12.6 Å². The highest BCUT2D eigenvalue weighted by atomic mass is 35.5. The molecule has 0 aliphatic rings. The lowest BCUT2D eigenvalue weighted by molar-refractivity contribution is 0.832. The zero-order valence-electron chi connectivity index (χ0n) is 8.18. The van der Waals surface area contributed by atoms with Gasteiger partial charge in [-0.1, -0.05) is 18.5 Å². The third-order valence-electron chi connectivity index (χ3n) is 2.00. The van der Waals surface area contributed by atoms with Gasteiger partial charge in [0.05, 0.1) is 6.20 Å². The lowest BCUT2D eigenvalue weighted by Gasteiger charge is -2.00. The number of nitrogen functional groups attached to an aromatic ring is 1. The molecule has 78 valence electrons. The number of rotatable bonds is 2. The molecular weight excluding hydrogens is 214 g/mol. The van der Waals surface area contributed by atoms with E-state index in [2.05, 4.69) is 15.1 Å². The van der Waals surface area contributed by atoms with Crippen LogP contribution < -0.4 is 5.73 Å². The summed E-state index contributed by atoms with van der Waals surface area (Å²) in [6.45, 7) is 2.02. The van der Waals surface area contributed by atoms with E-state index in [4.69, 9.17) is 17.3 Å². The van der Waals surface area contributed by atoms with Crippen molar-refractivity contribution in [1.29, 1.82) is 0 Å². The Morgan fingerprint density at radius 2 is 2.27 bits per heavy atom. The summed E-state index contributed by atoms with van der Waals surface area (Å²) >= 11 is 5.80. The number of aromatic nitrogens is 4. The zero-order chi connectivity index (χ0) is 10.8. The van der Waals surface area contributed by atoms with Crippen molar-refractivity contribution in [3.05, 3.63) is 29.3 Å². The first kappa shape index (κ1) is 9.92. The minimum Gasteiger partial charge on any atom is -0.381 e. The molecule has 2 rings (SSSR count). The van der Waals surface area contributed by atoms with Gasteiger partial charge in [-0.3, -0.25) is 0 Å². The predicted molar refractivity (Wildman–Crippen MR) is 58.0 cm³/mol. The Bertz CT molecular complexity index is 460. The summed E-state index contributed by atoms with van der Waals surface area (Å²) in [5, 5.41) is 4.45. The van der Waals surface area contributed by atoms with E-state index in [1.165, 1.54) is 6.33 Å². The van der Waals surface area contributed by atoms with E-state index >= 15 is 0 Å². The average Bonchev–Trinajstić information content (AvgIpc) is 2.59. The number of halogens is 1. The normalized spacial score (nSPS) is 10.5. The molecule has 2 aromatic heterocycles. The molecule has 15 heavy (non-hydrogen) atoms. The Hall–Kier alpha value is -1.62. The quantitative estimate of drug-likeness (QED) is 0.837. The van der Waals surface area contributed by atoms with Gasteiger partial charge in [-0.25, -0.2) is 14.6 Å². The summed E-state index contributed by atoms with van der Waals surface area (Å²) in [4.78, 5) is 8.18. The Morgan fingerprint density at radius 1 is 1.47 bits per heavy atom. The molecule has 0 aromatic carbocycles. The highest BCUT2D eigenvalue weighted by molar-refractivity contribution is 6.32. The molecule has 0 amide bonds. The van der Waals surface area contributed by atoms with Crippen molar-refractivity contribution < 1.29 is 0 Å². The Balaban J connectivity index is 2.44. The summed E-state index contributed by atoms with van der Waals surface area (Å²) in [5.74, 6) is 0.966. The highest BCUT2D eigenvalue weighted by Gasteiger charge is 2.06. The van der Waals surface area contributed by atoms with Crippen LogP contribution in [0.25, 0.3) is 5.82 Å².